The number of nitrogens with one attached hydrogen (secondary N) is 1. The van der Waals surface area contributed by atoms with Crippen molar-refractivity contribution >= 4 is 17.5 Å². The molecule has 0 saturated carbocycles. The number of hydrogen-bond acceptors (Lipinski definition) is 5. The zero-order valence-electron chi connectivity index (χ0n) is 20.2. The highest BCUT2D eigenvalue weighted by Crippen LogP contribution is 2.29. The van der Waals surface area contributed by atoms with Crippen molar-refractivity contribution in [3.63, 3.8) is 0 Å². The van der Waals surface area contributed by atoms with E-state index in [1.165, 1.54) is 0 Å². The molecule has 0 bridgehead atoms. The molecule has 3 aromatic carbocycles. The van der Waals surface area contributed by atoms with Crippen LogP contribution in [-0.2, 0) is 29.0 Å². The summed E-state index contributed by atoms with van der Waals surface area (Å²) in [4.78, 5) is 27.4. The number of carbonyl (C=O) groups is 2. The predicted molar refractivity (Wildman–Crippen MR) is 134 cm³/mol. The molecule has 1 unspecified atom stereocenters. The van der Waals surface area contributed by atoms with Crippen LogP contribution in [-0.4, -0.2) is 43.6 Å². The van der Waals surface area contributed by atoms with Gasteiger partial charge in [0.15, 0.2) is 6.10 Å². The molecular formula is C28H30N2O5. The van der Waals surface area contributed by atoms with Gasteiger partial charge in [0.1, 0.15) is 17.2 Å². The molecule has 35 heavy (non-hydrogen) atoms. The lowest BCUT2D eigenvalue weighted by Crippen LogP contribution is -2.39. The van der Waals surface area contributed by atoms with Crippen molar-refractivity contribution in [1.82, 2.24) is 4.90 Å². The van der Waals surface area contributed by atoms with E-state index in [1.807, 2.05) is 60.7 Å². The normalized spacial score (nSPS) is 15.0. The average molecular weight is 475 g/mol. The van der Waals surface area contributed by atoms with Gasteiger partial charge in [0.05, 0.1) is 20.6 Å². The van der Waals surface area contributed by atoms with Crippen LogP contribution in [0.5, 0.6) is 17.2 Å². The van der Waals surface area contributed by atoms with Crippen molar-refractivity contribution in [2.75, 3.05) is 26.1 Å². The first-order valence-electron chi connectivity index (χ1n) is 11.6. The number of nitrogens with zero attached hydrogens (tertiary/aromatic N) is 1. The standard InChI is InChI=1S/C28H30N2O5/c1-19-28(32)30(14-13-21-8-4-5-10-25(21)34-3)18-22-17-23(11-12-26(22)35-19)29-27(31)16-20-7-6-9-24(15-20)33-2/h4-12,15,17,19H,13-14,16,18H2,1-3H3,(H,29,31). The van der Waals surface area contributed by atoms with Crippen LogP contribution in [0.1, 0.15) is 23.6 Å². The van der Waals surface area contributed by atoms with Crippen molar-refractivity contribution in [3.05, 3.63) is 83.4 Å². The first kappa shape index (κ1) is 24.1. The summed E-state index contributed by atoms with van der Waals surface area (Å²) in [7, 11) is 3.24. The monoisotopic (exact) mass is 474 g/mol. The van der Waals surface area contributed by atoms with Crippen LogP contribution in [0.4, 0.5) is 5.69 Å². The number of fused-ring (bicyclic) bond motifs is 1. The molecule has 0 aliphatic carbocycles. The van der Waals surface area contributed by atoms with Crippen molar-refractivity contribution in [2.24, 2.45) is 0 Å². The predicted octanol–water partition coefficient (Wildman–Crippen LogP) is 4.24. The third-order valence-corrected chi connectivity index (χ3v) is 6.01. The lowest BCUT2D eigenvalue weighted by atomic mass is 10.1. The maximum absolute atomic E-state index is 13.0. The van der Waals surface area contributed by atoms with Crippen LogP contribution in [0.15, 0.2) is 66.7 Å². The number of benzene rings is 3. The Hall–Kier alpha value is -4.00. The number of para-hydroxylation sites is 1. The van der Waals surface area contributed by atoms with Crippen molar-refractivity contribution in [2.45, 2.75) is 32.4 Å². The molecule has 1 N–H and O–H groups in total. The molecule has 0 saturated heterocycles. The number of anilines is 1. The number of rotatable bonds is 8. The van der Waals surface area contributed by atoms with E-state index in [0.717, 1.165) is 22.4 Å². The van der Waals surface area contributed by atoms with Gasteiger partial charge in [-0.3, -0.25) is 9.59 Å². The summed E-state index contributed by atoms with van der Waals surface area (Å²) in [6.45, 7) is 2.68. The Morgan fingerprint density at radius 1 is 1.06 bits per heavy atom. The summed E-state index contributed by atoms with van der Waals surface area (Å²) < 4.78 is 16.6. The third-order valence-electron chi connectivity index (χ3n) is 6.01. The highest BCUT2D eigenvalue weighted by atomic mass is 16.5. The van der Waals surface area contributed by atoms with Crippen molar-refractivity contribution in [3.8, 4) is 17.2 Å². The molecule has 1 atom stereocenters. The van der Waals surface area contributed by atoms with E-state index >= 15 is 0 Å². The molecule has 0 radical (unpaired) electrons. The van der Waals surface area contributed by atoms with Gasteiger partial charge < -0.3 is 24.4 Å². The largest absolute Gasteiger partial charge is 0.497 e. The number of hydrogen-bond donors (Lipinski definition) is 1. The lowest BCUT2D eigenvalue weighted by molar-refractivity contribution is -0.137. The molecule has 0 aromatic heterocycles. The van der Waals surface area contributed by atoms with Gasteiger partial charge in [0.25, 0.3) is 5.91 Å². The van der Waals surface area contributed by atoms with Crippen LogP contribution in [0, 0.1) is 0 Å². The average Bonchev–Trinajstić information content (AvgIpc) is 2.98. The van der Waals surface area contributed by atoms with Crippen molar-refractivity contribution in [1.29, 1.82) is 0 Å². The minimum Gasteiger partial charge on any atom is -0.497 e. The molecule has 0 spiro atoms. The van der Waals surface area contributed by atoms with Crippen LogP contribution in [0.3, 0.4) is 0 Å². The highest BCUT2D eigenvalue weighted by Gasteiger charge is 2.28. The molecule has 7 nitrogen and oxygen atoms in total. The fraction of sp³-hybridized carbons (Fsp3) is 0.286. The number of amides is 2. The Morgan fingerprint density at radius 3 is 2.69 bits per heavy atom. The summed E-state index contributed by atoms with van der Waals surface area (Å²) >= 11 is 0. The SMILES string of the molecule is COc1cccc(CC(=O)Nc2ccc3c(c2)CN(CCc2ccccc2OC)C(=O)C(C)O3)c1. The Bertz CT molecular complexity index is 1210. The third kappa shape index (κ3) is 5.93. The molecule has 2 amide bonds. The van der Waals surface area contributed by atoms with Gasteiger partial charge in [-0.05, 0) is 60.9 Å². The molecule has 0 fully saturated rings. The van der Waals surface area contributed by atoms with Crippen LogP contribution < -0.4 is 19.5 Å². The minimum atomic E-state index is -0.595. The van der Waals surface area contributed by atoms with Gasteiger partial charge in [-0.15, -0.1) is 0 Å². The smallest absolute Gasteiger partial charge is 0.263 e. The van der Waals surface area contributed by atoms with Gasteiger partial charge in [0.2, 0.25) is 5.91 Å². The lowest BCUT2D eigenvalue weighted by Gasteiger charge is -2.22. The molecule has 182 valence electrons. The van der Waals surface area contributed by atoms with E-state index in [9.17, 15) is 9.59 Å². The maximum atomic E-state index is 13.0. The second-order valence-electron chi connectivity index (χ2n) is 8.48. The summed E-state index contributed by atoms with van der Waals surface area (Å²) in [5.41, 5.74) is 3.41. The fourth-order valence-corrected chi connectivity index (χ4v) is 4.20. The molecule has 3 aromatic rings. The van der Waals surface area contributed by atoms with Crippen LogP contribution >= 0.6 is 0 Å². The van der Waals surface area contributed by atoms with E-state index in [2.05, 4.69) is 5.32 Å². The quantitative estimate of drug-likeness (QED) is 0.529. The zero-order valence-corrected chi connectivity index (χ0v) is 20.2. The number of methoxy groups -OCH3 is 2. The van der Waals surface area contributed by atoms with E-state index < -0.39 is 6.10 Å². The summed E-state index contributed by atoms with van der Waals surface area (Å²) in [6, 6.07) is 20.7. The van der Waals surface area contributed by atoms with Gasteiger partial charge >= 0.3 is 0 Å². The number of ether oxygens (including phenoxy) is 3. The van der Waals surface area contributed by atoms with E-state index in [4.69, 9.17) is 14.2 Å². The van der Waals surface area contributed by atoms with Crippen LogP contribution in [0.25, 0.3) is 0 Å². The Kier molecular flexibility index (Phi) is 7.55. The molecule has 7 heteroatoms. The molecule has 1 aliphatic heterocycles. The summed E-state index contributed by atoms with van der Waals surface area (Å²) in [5.74, 6) is 1.96. The topological polar surface area (TPSA) is 77.1 Å². The van der Waals surface area contributed by atoms with E-state index in [1.54, 1.807) is 32.1 Å². The molecule has 4 rings (SSSR count). The second kappa shape index (κ2) is 11.0. The fourth-order valence-electron chi connectivity index (χ4n) is 4.20. The summed E-state index contributed by atoms with van der Waals surface area (Å²) in [5, 5.41) is 2.95. The Morgan fingerprint density at radius 2 is 1.89 bits per heavy atom. The highest BCUT2D eigenvalue weighted by molar-refractivity contribution is 5.92. The summed E-state index contributed by atoms with van der Waals surface area (Å²) in [6.07, 6.45) is 0.294. The van der Waals surface area contributed by atoms with Crippen molar-refractivity contribution < 1.29 is 23.8 Å². The Labute approximate surface area is 205 Å². The molecule has 1 heterocycles. The first-order valence-corrected chi connectivity index (χ1v) is 11.6. The number of carbonyl (C=O) groups excluding carboxylic acids is 2. The second-order valence-corrected chi connectivity index (χ2v) is 8.48. The van der Waals surface area contributed by atoms with E-state index in [0.29, 0.717) is 36.7 Å². The van der Waals surface area contributed by atoms with Crippen LogP contribution in [0.2, 0.25) is 0 Å². The van der Waals surface area contributed by atoms with Gasteiger partial charge in [-0.25, -0.2) is 0 Å². The van der Waals surface area contributed by atoms with Gasteiger partial charge in [0, 0.05) is 24.3 Å². The molecular weight excluding hydrogens is 444 g/mol. The minimum absolute atomic E-state index is 0.0697. The van der Waals surface area contributed by atoms with Gasteiger partial charge in [-0.2, -0.15) is 0 Å². The van der Waals surface area contributed by atoms with Gasteiger partial charge in [-0.1, -0.05) is 30.3 Å². The maximum Gasteiger partial charge on any atom is 0.263 e. The first-order chi connectivity index (χ1) is 17.0. The zero-order chi connectivity index (χ0) is 24.8. The Balaban J connectivity index is 1.46. The molecule has 1 aliphatic rings. The van der Waals surface area contributed by atoms with E-state index in [-0.39, 0.29) is 18.2 Å².